The van der Waals surface area contributed by atoms with Crippen LogP contribution in [0.15, 0.2) is 15.0 Å². The minimum absolute atomic E-state index is 0.00275. The number of piperidine rings is 1. The van der Waals surface area contributed by atoms with Crippen molar-refractivity contribution in [1.29, 1.82) is 0 Å². The normalized spacial score (nSPS) is 20.4. The quantitative estimate of drug-likeness (QED) is 0.431. The molecule has 2 aromatic rings. The fourth-order valence-corrected chi connectivity index (χ4v) is 5.10. The zero-order chi connectivity index (χ0) is 26.4. The number of halogens is 4. The molecule has 1 aromatic carbocycles. The lowest BCUT2D eigenvalue weighted by molar-refractivity contribution is -0.274. The summed E-state index contributed by atoms with van der Waals surface area (Å²) in [6.07, 6.45) is -3.04. The SMILES string of the molecule is CCOC(=O)c1cc(Br)c2oc(N3CC4CCCC(C3)N4C(=O)OC(C)(C)C)nc2c1OC(F)(F)F. The second-order valence-corrected chi connectivity index (χ2v) is 10.6. The maximum atomic E-state index is 13.2. The molecular formula is C23H27BrF3N3O6. The van der Waals surface area contributed by atoms with E-state index in [1.807, 2.05) is 0 Å². The lowest BCUT2D eigenvalue weighted by Gasteiger charge is -2.49. The number of amides is 1. The molecule has 2 atom stereocenters. The predicted octanol–water partition coefficient (Wildman–Crippen LogP) is 5.64. The van der Waals surface area contributed by atoms with Gasteiger partial charge in [0.2, 0.25) is 0 Å². The van der Waals surface area contributed by atoms with Crippen LogP contribution in [0.4, 0.5) is 24.0 Å². The third kappa shape index (κ3) is 5.50. The number of alkyl halides is 3. The Labute approximate surface area is 214 Å². The van der Waals surface area contributed by atoms with Crippen molar-refractivity contribution in [3.8, 4) is 5.75 Å². The van der Waals surface area contributed by atoms with Crippen LogP contribution in [0.1, 0.15) is 57.3 Å². The number of esters is 1. The van der Waals surface area contributed by atoms with Crippen molar-refractivity contribution in [2.45, 2.75) is 71.0 Å². The molecule has 2 fully saturated rings. The second-order valence-electron chi connectivity index (χ2n) is 9.71. The average Bonchev–Trinajstić information content (AvgIpc) is 3.19. The van der Waals surface area contributed by atoms with Crippen molar-refractivity contribution in [2.24, 2.45) is 0 Å². The van der Waals surface area contributed by atoms with Gasteiger partial charge in [0.05, 0.1) is 23.2 Å². The summed E-state index contributed by atoms with van der Waals surface area (Å²) in [6.45, 7) is 7.64. The molecule has 0 aliphatic carbocycles. The summed E-state index contributed by atoms with van der Waals surface area (Å²) in [4.78, 5) is 33.1. The number of piperazine rings is 1. The van der Waals surface area contributed by atoms with Crippen molar-refractivity contribution >= 4 is 45.1 Å². The van der Waals surface area contributed by atoms with Crippen LogP contribution in [0.25, 0.3) is 11.1 Å². The van der Waals surface area contributed by atoms with E-state index in [-0.39, 0.29) is 40.3 Å². The van der Waals surface area contributed by atoms with Gasteiger partial charge in [-0.1, -0.05) is 0 Å². The molecule has 1 amide bonds. The van der Waals surface area contributed by atoms with Crippen molar-refractivity contribution in [3.05, 3.63) is 16.1 Å². The first-order valence-corrected chi connectivity index (χ1v) is 12.4. The van der Waals surface area contributed by atoms with Gasteiger partial charge in [-0.05, 0) is 69.0 Å². The van der Waals surface area contributed by atoms with E-state index in [2.05, 4.69) is 25.7 Å². The number of anilines is 1. The molecule has 0 radical (unpaired) electrons. The molecule has 9 nitrogen and oxygen atoms in total. The molecule has 198 valence electrons. The summed E-state index contributed by atoms with van der Waals surface area (Å²) < 4.78 is 60.5. The molecule has 4 rings (SSSR count). The first-order chi connectivity index (χ1) is 16.8. The number of hydrogen-bond acceptors (Lipinski definition) is 8. The smallest absolute Gasteiger partial charge is 0.462 e. The topological polar surface area (TPSA) is 94.3 Å². The van der Waals surface area contributed by atoms with Gasteiger partial charge in [-0.2, -0.15) is 4.98 Å². The Morgan fingerprint density at radius 1 is 1.19 bits per heavy atom. The number of aromatic nitrogens is 1. The highest BCUT2D eigenvalue weighted by Crippen LogP contribution is 2.41. The lowest BCUT2D eigenvalue weighted by atomic mass is 9.92. The van der Waals surface area contributed by atoms with Gasteiger partial charge in [0, 0.05) is 13.1 Å². The van der Waals surface area contributed by atoms with E-state index in [0.717, 1.165) is 25.3 Å². The number of nitrogens with zero attached hydrogens (tertiary/aromatic N) is 3. The van der Waals surface area contributed by atoms with E-state index in [1.165, 1.54) is 6.92 Å². The minimum atomic E-state index is -5.07. The van der Waals surface area contributed by atoms with Crippen LogP contribution in [0.5, 0.6) is 5.75 Å². The Morgan fingerprint density at radius 3 is 2.39 bits per heavy atom. The molecule has 0 spiro atoms. The van der Waals surface area contributed by atoms with Gasteiger partial charge in [-0.15, -0.1) is 13.2 Å². The van der Waals surface area contributed by atoms with E-state index in [1.54, 1.807) is 30.6 Å². The van der Waals surface area contributed by atoms with Gasteiger partial charge in [0.1, 0.15) is 11.2 Å². The van der Waals surface area contributed by atoms with Gasteiger partial charge in [-0.25, -0.2) is 9.59 Å². The molecule has 0 N–H and O–H groups in total. The number of carbonyl (C=O) groups excluding carboxylic acids is 2. The zero-order valence-corrected chi connectivity index (χ0v) is 21.9. The first-order valence-electron chi connectivity index (χ1n) is 11.6. The molecule has 1 aromatic heterocycles. The van der Waals surface area contributed by atoms with Crippen LogP contribution in [0, 0.1) is 0 Å². The maximum absolute atomic E-state index is 13.2. The molecule has 2 unspecified atom stereocenters. The Kier molecular flexibility index (Phi) is 7.06. The molecule has 0 saturated carbocycles. The fraction of sp³-hybridized carbons (Fsp3) is 0.609. The number of ether oxygens (including phenoxy) is 3. The highest BCUT2D eigenvalue weighted by molar-refractivity contribution is 9.10. The van der Waals surface area contributed by atoms with Crippen LogP contribution >= 0.6 is 15.9 Å². The summed E-state index contributed by atoms with van der Waals surface area (Å²) in [7, 11) is 0. The van der Waals surface area contributed by atoms with Gasteiger partial charge < -0.3 is 23.5 Å². The molecule has 2 saturated heterocycles. The Hall–Kier alpha value is -2.70. The van der Waals surface area contributed by atoms with E-state index in [4.69, 9.17) is 13.9 Å². The number of oxazole rings is 1. The van der Waals surface area contributed by atoms with Crippen molar-refractivity contribution in [3.63, 3.8) is 0 Å². The second kappa shape index (κ2) is 9.64. The fourth-order valence-electron chi connectivity index (χ4n) is 4.60. The summed E-state index contributed by atoms with van der Waals surface area (Å²) in [5.41, 5.74) is -1.34. The van der Waals surface area contributed by atoms with Crippen LogP contribution < -0.4 is 9.64 Å². The van der Waals surface area contributed by atoms with Crippen molar-refractivity contribution in [2.75, 3.05) is 24.6 Å². The van der Waals surface area contributed by atoms with Gasteiger partial charge >= 0.3 is 18.4 Å². The summed E-state index contributed by atoms with van der Waals surface area (Å²) >= 11 is 3.26. The number of rotatable bonds is 4. The van der Waals surface area contributed by atoms with E-state index >= 15 is 0 Å². The molecule has 2 aliphatic rings. The highest BCUT2D eigenvalue weighted by Gasteiger charge is 2.43. The average molecular weight is 578 g/mol. The monoisotopic (exact) mass is 577 g/mol. The van der Waals surface area contributed by atoms with Crippen molar-refractivity contribution in [1.82, 2.24) is 9.88 Å². The molecule has 2 bridgehead atoms. The Balaban J connectivity index is 1.70. The Bertz CT molecular complexity index is 1150. The summed E-state index contributed by atoms with van der Waals surface area (Å²) in [5, 5.41) is 0. The van der Waals surface area contributed by atoms with Crippen LogP contribution in [-0.4, -0.2) is 65.7 Å². The zero-order valence-electron chi connectivity index (χ0n) is 20.3. The van der Waals surface area contributed by atoms with Gasteiger partial charge in [0.15, 0.2) is 16.8 Å². The number of fused-ring (bicyclic) bond motifs is 3. The summed E-state index contributed by atoms with van der Waals surface area (Å²) in [5.74, 6) is -1.77. The third-order valence-electron chi connectivity index (χ3n) is 5.88. The summed E-state index contributed by atoms with van der Waals surface area (Å²) in [6, 6.07) is 0.879. The van der Waals surface area contributed by atoms with E-state index < -0.39 is 35.3 Å². The lowest BCUT2D eigenvalue weighted by Crippen LogP contribution is -2.63. The van der Waals surface area contributed by atoms with Crippen LogP contribution in [-0.2, 0) is 9.47 Å². The Morgan fingerprint density at radius 2 is 1.83 bits per heavy atom. The van der Waals surface area contributed by atoms with Gasteiger partial charge in [-0.3, -0.25) is 4.90 Å². The molecule has 13 heteroatoms. The largest absolute Gasteiger partial charge is 0.573 e. The van der Waals surface area contributed by atoms with Crippen molar-refractivity contribution < 1.29 is 41.4 Å². The third-order valence-corrected chi connectivity index (χ3v) is 6.46. The van der Waals surface area contributed by atoms with E-state index in [0.29, 0.717) is 13.1 Å². The predicted molar refractivity (Wildman–Crippen MR) is 126 cm³/mol. The number of hydrogen-bond donors (Lipinski definition) is 0. The molecule has 2 aliphatic heterocycles. The highest BCUT2D eigenvalue weighted by atomic mass is 79.9. The van der Waals surface area contributed by atoms with Gasteiger partial charge in [0.25, 0.3) is 6.01 Å². The minimum Gasteiger partial charge on any atom is -0.462 e. The number of benzene rings is 1. The molecular weight excluding hydrogens is 551 g/mol. The van der Waals surface area contributed by atoms with Crippen LogP contribution in [0.3, 0.4) is 0 Å². The first kappa shape index (κ1) is 26.4. The standard InChI is InChI=1S/C23H27BrF3N3O6/c1-5-33-19(31)14-9-15(24)18-16(17(14)35-23(25,26)27)28-20(34-18)29-10-12-7-6-8-13(11-29)30(12)21(32)36-22(2,3)4/h9,12-13H,5-8,10-11H2,1-4H3. The van der Waals surface area contributed by atoms with E-state index in [9.17, 15) is 22.8 Å². The van der Waals surface area contributed by atoms with Crippen LogP contribution in [0.2, 0.25) is 0 Å². The molecule has 3 heterocycles. The number of carbonyl (C=O) groups is 2. The maximum Gasteiger partial charge on any atom is 0.573 e. The molecule has 36 heavy (non-hydrogen) atoms.